The Hall–Kier alpha value is -3.60. The zero-order valence-electron chi connectivity index (χ0n) is 21.5. The first-order chi connectivity index (χ1) is 18.2. The Morgan fingerprint density at radius 2 is 1.00 bits per heavy atom. The van der Waals surface area contributed by atoms with Gasteiger partial charge in [0, 0.05) is 0 Å². The maximum atomic E-state index is 9.27. The minimum atomic E-state index is -0.505. The molecule has 0 fully saturated rings. The van der Waals surface area contributed by atoms with Crippen LogP contribution in [0.2, 0.25) is 0 Å². The van der Waals surface area contributed by atoms with E-state index in [2.05, 4.69) is 86.6 Å². The first-order valence-electron chi connectivity index (χ1n) is 13.1. The Kier molecular flexibility index (Phi) is 7.31. The van der Waals surface area contributed by atoms with Gasteiger partial charge in [0.1, 0.15) is 24.7 Å². The normalized spacial score (nSPS) is 13.2. The monoisotopic (exact) mass is 494 g/mol. The maximum Gasteiger partial charge on any atom is 0.119 e. The van der Waals surface area contributed by atoms with Crippen LogP contribution in [0.15, 0.2) is 84.9 Å². The highest BCUT2D eigenvalue weighted by molar-refractivity contribution is 5.87. The van der Waals surface area contributed by atoms with Crippen molar-refractivity contribution in [1.29, 1.82) is 0 Å². The molecule has 4 heteroatoms. The minimum Gasteiger partial charge on any atom is -0.491 e. The highest BCUT2D eigenvalue weighted by atomic mass is 16.5. The Labute approximate surface area is 219 Å². The van der Waals surface area contributed by atoms with Crippen LogP contribution in [-0.2, 0) is 18.3 Å². The molecule has 37 heavy (non-hydrogen) atoms. The van der Waals surface area contributed by atoms with Gasteiger partial charge in [-0.25, -0.2) is 0 Å². The standard InChI is InChI=1S/C33H34O4/c1-3-23-21-25(36-19-17-34)13-15-29(23)33(30-16-14-26(37-20-18-35)22-24(30)4-2)31-11-7-5-9-27(31)28-10-6-8-12-32(28)33/h5-16,21-22,34-35H,3-4,17-20H2,1-2H3. The smallest absolute Gasteiger partial charge is 0.119 e. The van der Waals surface area contributed by atoms with Crippen LogP contribution in [0, 0.1) is 0 Å². The molecule has 0 aromatic heterocycles. The molecule has 2 N–H and O–H groups in total. The van der Waals surface area contributed by atoms with E-state index in [0.29, 0.717) is 0 Å². The van der Waals surface area contributed by atoms with Gasteiger partial charge in [-0.2, -0.15) is 0 Å². The fraction of sp³-hybridized carbons (Fsp3) is 0.273. The summed E-state index contributed by atoms with van der Waals surface area (Å²) in [5.74, 6) is 1.54. The van der Waals surface area contributed by atoms with Crippen molar-refractivity contribution in [2.45, 2.75) is 32.1 Å². The molecule has 0 saturated heterocycles. The van der Waals surface area contributed by atoms with E-state index in [1.807, 2.05) is 12.1 Å². The fourth-order valence-corrected chi connectivity index (χ4v) is 5.92. The molecule has 0 aliphatic heterocycles. The molecule has 0 saturated carbocycles. The second kappa shape index (κ2) is 10.8. The van der Waals surface area contributed by atoms with E-state index in [-0.39, 0.29) is 26.4 Å². The highest BCUT2D eigenvalue weighted by Crippen LogP contribution is 2.57. The number of hydrogen-bond acceptors (Lipinski definition) is 4. The SMILES string of the molecule is CCc1cc(OCCO)ccc1C1(c2ccc(OCCO)cc2CC)c2ccccc2-c2ccccc21. The van der Waals surface area contributed by atoms with Gasteiger partial charge < -0.3 is 19.7 Å². The molecule has 4 aromatic carbocycles. The van der Waals surface area contributed by atoms with Crippen molar-refractivity contribution < 1.29 is 19.7 Å². The lowest BCUT2D eigenvalue weighted by Crippen LogP contribution is -2.31. The molecule has 0 heterocycles. The van der Waals surface area contributed by atoms with Gasteiger partial charge in [0.05, 0.1) is 18.6 Å². The largest absolute Gasteiger partial charge is 0.491 e. The van der Waals surface area contributed by atoms with Gasteiger partial charge in [-0.3, -0.25) is 0 Å². The topological polar surface area (TPSA) is 58.9 Å². The summed E-state index contributed by atoms with van der Waals surface area (Å²) in [6, 6.07) is 30.2. The van der Waals surface area contributed by atoms with Crippen molar-refractivity contribution in [2.75, 3.05) is 26.4 Å². The Morgan fingerprint density at radius 1 is 0.568 bits per heavy atom. The number of aliphatic hydroxyl groups excluding tert-OH is 2. The van der Waals surface area contributed by atoms with E-state index >= 15 is 0 Å². The molecule has 0 radical (unpaired) electrons. The summed E-state index contributed by atoms with van der Waals surface area (Å²) in [6.45, 7) is 4.88. The van der Waals surface area contributed by atoms with Crippen molar-refractivity contribution in [3.05, 3.63) is 118 Å². The Balaban J connectivity index is 1.85. The van der Waals surface area contributed by atoms with Gasteiger partial charge in [0.2, 0.25) is 0 Å². The van der Waals surface area contributed by atoms with Gasteiger partial charge >= 0.3 is 0 Å². The Bertz CT molecular complexity index is 1280. The average molecular weight is 495 g/mol. The van der Waals surface area contributed by atoms with E-state index in [9.17, 15) is 10.2 Å². The third-order valence-corrected chi connectivity index (χ3v) is 7.40. The van der Waals surface area contributed by atoms with E-state index < -0.39 is 5.41 Å². The summed E-state index contributed by atoms with van der Waals surface area (Å²) in [4.78, 5) is 0. The number of hydrogen-bond donors (Lipinski definition) is 2. The van der Waals surface area contributed by atoms with Crippen LogP contribution < -0.4 is 9.47 Å². The van der Waals surface area contributed by atoms with Crippen LogP contribution in [0.4, 0.5) is 0 Å². The third kappa shape index (κ3) is 4.20. The van der Waals surface area contributed by atoms with Crippen molar-refractivity contribution in [3.63, 3.8) is 0 Å². The number of benzene rings is 4. The van der Waals surface area contributed by atoms with Gasteiger partial charge in [-0.1, -0.05) is 74.5 Å². The molecule has 5 rings (SSSR count). The quantitative estimate of drug-likeness (QED) is 0.253. The van der Waals surface area contributed by atoms with Crippen LogP contribution in [0.3, 0.4) is 0 Å². The summed E-state index contributed by atoms with van der Waals surface area (Å²) in [5, 5.41) is 18.5. The van der Waals surface area contributed by atoms with E-state index in [0.717, 1.165) is 24.3 Å². The van der Waals surface area contributed by atoms with Crippen molar-refractivity contribution in [1.82, 2.24) is 0 Å². The maximum absolute atomic E-state index is 9.27. The molecule has 0 atom stereocenters. The van der Waals surface area contributed by atoms with Gasteiger partial charge in [-0.15, -0.1) is 0 Å². The van der Waals surface area contributed by atoms with Crippen molar-refractivity contribution >= 4 is 0 Å². The first-order valence-corrected chi connectivity index (χ1v) is 13.1. The first kappa shape index (κ1) is 25.1. The van der Waals surface area contributed by atoms with Crippen LogP contribution in [0.5, 0.6) is 11.5 Å². The van der Waals surface area contributed by atoms with Gasteiger partial charge in [-0.05, 0) is 81.6 Å². The number of rotatable bonds is 10. The summed E-state index contributed by atoms with van der Waals surface area (Å²) in [6.07, 6.45) is 1.69. The Morgan fingerprint density at radius 3 is 1.41 bits per heavy atom. The fourth-order valence-electron chi connectivity index (χ4n) is 5.92. The number of aliphatic hydroxyl groups is 2. The zero-order chi connectivity index (χ0) is 25.8. The highest BCUT2D eigenvalue weighted by Gasteiger charge is 2.47. The zero-order valence-corrected chi connectivity index (χ0v) is 21.5. The lowest BCUT2D eigenvalue weighted by molar-refractivity contribution is 0.201. The molecule has 1 aliphatic carbocycles. The number of fused-ring (bicyclic) bond motifs is 3. The second-order valence-corrected chi connectivity index (χ2v) is 9.33. The molecule has 0 spiro atoms. The lowest BCUT2D eigenvalue weighted by atomic mass is 9.64. The third-order valence-electron chi connectivity index (χ3n) is 7.40. The van der Waals surface area contributed by atoms with Crippen molar-refractivity contribution in [3.8, 4) is 22.6 Å². The molecule has 0 amide bonds. The van der Waals surface area contributed by atoms with Crippen LogP contribution in [0.1, 0.15) is 47.2 Å². The molecule has 0 unspecified atom stereocenters. The van der Waals surface area contributed by atoms with Crippen LogP contribution in [0.25, 0.3) is 11.1 Å². The van der Waals surface area contributed by atoms with Gasteiger partial charge in [0.25, 0.3) is 0 Å². The van der Waals surface area contributed by atoms with E-state index in [1.165, 1.54) is 44.5 Å². The van der Waals surface area contributed by atoms with Gasteiger partial charge in [0.15, 0.2) is 0 Å². The second-order valence-electron chi connectivity index (χ2n) is 9.33. The molecule has 0 bridgehead atoms. The minimum absolute atomic E-state index is 0.0154. The summed E-state index contributed by atoms with van der Waals surface area (Å²) < 4.78 is 11.6. The van der Waals surface area contributed by atoms with Crippen molar-refractivity contribution in [2.24, 2.45) is 0 Å². The molecule has 1 aliphatic rings. The molecular formula is C33H34O4. The molecule has 4 aromatic rings. The molecule has 4 nitrogen and oxygen atoms in total. The van der Waals surface area contributed by atoms with E-state index in [1.54, 1.807) is 0 Å². The predicted molar refractivity (Wildman–Crippen MR) is 148 cm³/mol. The molecular weight excluding hydrogens is 460 g/mol. The van der Waals surface area contributed by atoms with Crippen LogP contribution >= 0.6 is 0 Å². The summed E-state index contributed by atoms with van der Waals surface area (Å²) in [7, 11) is 0. The van der Waals surface area contributed by atoms with E-state index in [4.69, 9.17) is 9.47 Å². The average Bonchev–Trinajstić information content (AvgIpc) is 3.25. The summed E-state index contributed by atoms with van der Waals surface area (Å²) in [5.41, 5.74) is 9.45. The predicted octanol–water partition coefficient (Wildman–Crippen LogP) is 5.92. The lowest BCUT2D eigenvalue weighted by Gasteiger charge is -2.37. The number of aryl methyl sites for hydroxylation is 2. The summed E-state index contributed by atoms with van der Waals surface area (Å²) >= 11 is 0. The number of ether oxygens (including phenoxy) is 2. The van der Waals surface area contributed by atoms with Crippen LogP contribution in [-0.4, -0.2) is 36.6 Å². The molecule has 190 valence electrons.